The first kappa shape index (κ1) is 19.6. The molecule has 2 amide bonds. The van der Waals surface area contributed by atoms with Crippen molar-refractivity contribution in [3.8, 4) is 0 Å². The van der Waals surface area contributed by atoms with E-state index in [0.29, 0.717) is 19.4 Å². The molecule has 1 aromatic heterocycles. The molecule has 0 aliphatic carbocycles. The summed E-state index contributed by atoms with van der Waals surface area (Å²) in [5.41, 5.74) is 3.51. The van der Waals surface area contributed by atoms with E-state index in [2.05, 4.69) is 24.0 Å². The molecule has 0 unspecified atom stereocenters. The smallest absolute Gasteiger partial charge is 0.226 e. The Hall–Kier alpha value is -2.69. The third-order valence-electron chi connectivity index (χ3n) is 6.50. The Morgan fingerprint density at radius 2 is 1.83 bits per heavy atom. The van der Waals surface area contributed by atoms with Gasteiger partial charge in [0.2, 0.25) is 11.8 Å². The van der Waals surface area contributed by atoms with Crippen LogP contribution >= 0.6 is 0 Å². The van der Waals surface area contributed by atoms with Gasteiger partial charge in [0.1, 0.15) is 0 Å². The molecular formula is C24H29N3O2. The average Bonchev–Trinajstić information content (AvgIpc) is 2.74. The molecule has 2 aliphatic heterocycles. The molecule has 0 saturated carbocycles. The molecule has 1 aromatic carbocycles. The van der Waals surface area contributed by atoms with Gasteiger partial charge in [-0.3, -0.25) is 14.6 Å². The zero-order valence-electron chi connectivity index (χ0n) is 17.1. The van der Waals surface area contributed by atoms with Crippen LogP contribution in [-0.2, 0) is 22.6 Å². The standard InChI is InChI=1S/C24H29N3O2/c1-19-4-6-20(7-5-19)15-23(29)26-13-10-24(11-14-26)9-8-22(28)27(18-24)17-21-3-2-12-25-16-21/h2-7,12,16H,8-11,13-15,17-18H2,1H3. The molecule has 3 heterocycles. The Labute approximate surface area is 172 Å². The summed E-state index contributed by atoms with van der Waals surface area (Å²) in [4.78, 5) is 33.4. The Balaban J connectivity index is 1.34. The summed E-state index contributed by atoms with van der Waals surface area (Å²) >= 11 is 0. The van der Waals surface area contributed by atoms with Gasteiger partial charge in [-0.25, -0.2) is 0 Å². The predicted molar refractivity (Wildman–Crippen MR) is 112 cm³/mol. The lowest BCUT2D eigenvalue weighted by molar-refractivity contribution is -0.142. The molecular weight excluding hydrogens is 362 g/mol. The highest BCUT2D eigenvalue weighted by Gasteiger charge is 2.41. The fourth-order valence-electron chi connectivity index (χ4n) is 4.59. The number of hydrogen-bond donors (Lipinski definition) is 0. The van der Waals surface area contributed by atoms with Crippen molar-refractivity contribution in [1.29, 1.82) is 0 Å². The average molecular weight is 392 g/mol. The van der Waals surface area contributed by atoms with Crippen LogP contribution < -0.4 is 0 Å². The summed E-state index contributed by atoms with van der Waals surface area (Å²) in [6, 6.07) is 12.1. The fourth-order valence-corrected chi connectivity index (χ4v) is 4.59. The first-order valence-electron chi connectivity index (χ1n) is 10.5. The molecule has 2 fully saturated rings. The van der Waals surface area contributed by atoms with Crippen LogP contribution in [0.15, 0.2) is 48.8 Å². The third-order valence-corrected chi connectivity index (χ3v) is 6.50. The molecule has 2 saturated heterocycles. The topological polar surface area (TPSA) is 53.5 Å². The number of pyridine rings is 1. The number of likely N-dealkylation sites (tertiary alicyclic amines) is 2. The lowest BCUT2D eigenvalue weighted by Crippen LogP contribution is -2.52. The number of benzene rings is 1. The lowest BCUT2D eigenvalue weighted by atomic mass is 9.72. The van der Waals surface area contributed by atoms with Crippen LogP contribution in [0, 0.1) is 12.3 Å². The van der Waals surface area contributed by atoms with E-state index in [-0.39, 0.29) is 17.2 Å². The number of rotatable bonds is 4. The van der Waals surface area contributed by atoms with E-state index in [0.717, 1.165) is 50.0 Å². The van der Waals surface area contributed by atoms with Crippen LogP contribution in [0.5, 0.6) is 0 Å². The maximum absolute atomic E-state index is 12.7. The number of amides is 2. The number of piperidine rings is 2. The molecule has 1 spiro atoms. The number of aryl methyl sites for hydroxylation is 1. The van der Waals surface area contributed by atoms with Crippen LogP contribution in [0.2, 0.25) is 0 Å². The first-order valence-corrected chi connectivity index (χ1v) is 10.5. The van der Waals surface area contributed by atoms with E-state index < -0.39 is 0 Å². The van der Waals surface area contributed by atoms with Gasteiger partial charge in [0.25, 0.3) is 0 Å². The van der Waals surface area contributed by atoms with Crippen molar-refractivity contribution < 1.29 is 9.59 Å². The van der Waals surface area contributed by atoms with Gasteiger partial charge in [-0.05, 0) is 48.8 Å². The van der Waals surface area contributed by atoms with Gasteiger partial charge >= 0.3 is 0 Å². The van der Waals surface area contributed by atoms with Crippen LogP contribution in [-0.4, -0.2) is 46.2 Å². The van der Waals surface area contributed by atoms with Gasteiger partial charge in [0, 0.05) is 45.0 Å². The van der Waals surface area contributed by atoms with Crippen molar-refractivity contribution in [2.75, 3.05) is 19.6 Å². The summed E-state index contributed by atoms with van der Waals surface area (Å²) in [7, 11) is 0. The fraction of sp³-hybridized carbons (Fsp3) is 0.458. The summed E-state index contributed by atoms with van der Waals surface area (Å²) in [5.74, 6) is 0.445. The molecule has 2 aliphatic rings. The minimum Gasteiger partial charge on any atom is -0.342 e. The van der Waals surface area contributed by atoms with E-state index in [1.54, 1.807) is 6.20 Å². The minimum atomic E-state index is 0.150. The summed E-state index contributed by atoms with van der Waals surface area (Å²) < 4.78 is 0. The second kappa shape index (κ2) is 8.36. The summed E-state index contributed by atoms with van der Waals surface area (Å²) in [5, 5.41) is 0. The maximum atomic E-state index is 12.7. The number of aromatic nitrogens is 1. The van der Waals surface area contributed by atoms with Crippen LogP contribution in [0.1, 0.15) is 42.4 Å². The van der Waals surface area contributed by atoms with Gasteiger partial charge in [0.05, 0.1) is 6.42 Å². The van der Waals surface area contributed by atoms with E-state index in [4.69, 9.17) is 0 Å². The van der Waals surface area contributed by atoms with Crippen molar-refractivity contribution in [2.45, 2.75) is 45.6 Å². The number of nitrogens with zero attached hydrogens (tertiary/aromatic N) is 3. The van der Waals surface area contributed by atoms with E-state index >= 15 is 0 Å². The van der Waals surface area contributed by atoms with Gasteiger partial charge in [0.15, 0.2) is 0 Å². The summed E-state index contributed by atoms with van der Waals surface area (Å²) in [6.07, 6.45) is 7.56. The van der Waals surface area contributed by atoms with Crippen molar-refractivity contribution in [3.63, 3.8) is 0 Å². The first-order chi connectivity index (χ1) is 14.0. The second-order valence-electron chi connectivity index (χ2n) is 8.65. The molecule has 152 valence electrons. The van der Waals surface area contributed by atoms with Crippen molar-refractivity contribution in [3.05, 3.63) is 65.5 Å². The SMILES string of the molecule is Cc1ccc(CC(=O)N2CCC3(CCC(=O)N(Cc4cccnc4)C3)CC2)cc1. The van der Waals surface area contributed by atoms with Crippen molar-refractivity contribution >= 4 is 11.8 Å². The molecule has 2 aromatic rings. The van der Waals surface area contributed by atoms with Crippen molar-refractivity contribution in [1.82, 2.24) is 14.8 Å². The number of hydrogen-bond acceptors (Lipinski definition) is 3. The zero-order chi connectivity index (χ0) is 20.3. The lowest BCUT2D eigenvalue weighted by Gasteiger charge is -2.47. The van der Waals surface area contributed by atoms with Gasteiger partial charge < -0.3 is 9.80 Å². The Morgan fingerprint density at radius 3 is 2.52 bits per heavy atom. The zero-order valence-corrected chi connectivity index (χ0v) is 17.1. The molecule has 0 bridgehead atoms. The molecule has 4 rings (SSSR count). The largest absolute Gasteiger partial charge is 0.342 e. The minimum absolute atomic E-state index is 0.150. The molecule has 5 nitrogen and oxygen atoms in total. The summed E-state index contributed by atoms with van der Waals surface area (Å²) in [6.45, 7) is 5.06. The third kappa shape index (κ3) is 4.66. The Morgan fingerprint density at radius 1 is 1.07 bits per heavy atom. The van der Waals surface area contributed by atoms with Gasteiger partial charge in [-0.15, -0.1) is 0 Å². The Bertz CT molecular complexity index is 855. The molecule has 0 N–H and O–H groups in total. The van der Waals surface area contributed by atoms with Gasteiger partial charge in [-0.2, -0.15) is 0 Å². The molecule has 0 atom stereocenters. The van der Waals surface area contributed by atoms with Crippen LogP contribution in [0.4, 0.5) is 0 Å². The highest BCUT2D eigenvalue weighted by Crippen LogP contribution is 2.40. The monoisotopic (exact) mass is 391 g/mol. The van der Waals surface area contributed by atoms with E-state index in [1.165, 1.54) is 5.56 Å². The van der Waals surface area contributed by atoms with Crippen LogP contribution in [0.3, 0.4) is 0 Å². The number of carbonyl (C=O) groups excluding carboxylic acids is 2. The molecule has 0 radical (unpaired) electrons. The van der Waals surface area contributed by atoms with Gasteiger partial charge in [-0.1, -0.05) is 35.9 Å². The van der Waals surface area contributed by atoms with E-state index in [1.807, 2.05) is 40.3 Å². The maximum Gasteiger partial charge on any atom is 0.226 e. The second-order valence-corrected chi connectivity index (χ2v) is 8.65. The predicted octanol–water partition coefficient (Wildman–Crippen LogP) is 3.36. The highest BCUT2D eigenvalue weighted by atomic mass is 16.2. The van der Waals surface area contributed by atoms with Crippen LogP contribution in [0.25, 0.3) is 0 Å². The quantitative estimate of drug-likeness (QED) is 0.803. The van der Waals surface area contributed by atoms with E-state index in [9.17, 15) is 9.59 Å². The highest BCUT2D eigenvalue weighted by molar-refractivity contribution is 5.79. The number of carbonyl (C=O) groups is 2. The molecule has 29 heavy (non-hydrogen) atoms. The molecule has 5 heteroatoms. The Kier molecular flexibility index (Phi) is 5.65. The normalized spacial score (nSPS) is 18.9. The van der Waals surface area contributed by atoms with Crippen molar-refractivity contribution in [2.24, 2.45) is 5.41 Å².